The van der Waals surface area contributed by atoms with Crippen molar-refractivity contribution in [1.29, 1.82) is 0 Å². The third-order valence-corrected chi connectivity index (χ3v) is 3.26. The summed E-state index contributed by atoms with van der Waals surface area (Å²) in [7, 11) is 1.63. The van der Waals surface area contributed by atoms with Crippen molar-refractivity contribution in [1.82, 2.24) is 0 Å². The number of nitrogens with two attached hydrogens (primary N) is 1. The number of rotatable bonds is 7. The van der Waals surface area contributed by atoms with Crippen LogP contribution in [0.5, 0.6) is 11.5 Å². The Morgan fingerprint density at radius 1 is 1.42 bits per heavy atom. The molecule has 0 bridgehead atoms. The van der Waals surface area contributed by atoms with E-state index in [9.17, 15) is 0 Å². The van der Waals surface area contributed by atoms with Gasteiger partial charge < -0.3 is 15.2 Å². The van der Waals surface area contributed by atoms with Crippen LogP contribution in [-0.4, -0.2) is 19.8 Å². The number of ether oxygens (including phenoxy) is 2. The summed E-state index contributed by atoms with van der Waals surface area (Å²) in [5.41, 5.74) is 9.60. The molecule has 0 radical (unpaired) electrons. The van der Waals surface area contributed by atoms with E-state index in [-0.39, 0.29) is 6.04 Å². The second kappa shape index (κ2) is 8.08. The lowest BCUT2D eigenvalue weighted by Gasteiger charge is -2.14. The number of halogens is 1. The van der Waals surface area contributed by atoms with Gasteiger partial charge in [-0.2, -0.15) is 0 Å². The highest BCUT2D eigenvalue weighted by Gasteiger charge is 2.08. The Hall–Kier alpha value is -1.19. The molecule has 0 aromatic heterocycles. The van der Waals surface area contributed by atoms with E-state index < -0.39 is 0 Å². The summed E-state index contributed by atoms with van der Waals surface area (Å²) in [6.45, 7) is 4.44. The van der Waals surface area contributed by atoms with Crippen molar-refractivity contribution in [3.8, 4) is 11.5 Å². The first-order valence-corrected chi connectivity index (χ1v) is 6.85. The number of hydrogen-bond acceptors (Lipinski definition) is 3. The van der Waals surface area contributed by atoms with Crippen molar-refractivity contribution in [2.45, 2.75) is 32.7 Å². The quantitative estimate of drug-likeness (QED) is 0.833. The van der Waals surface area contributed by atoms with Gasteiger partial charge in [0.2, 0.25) is 0 Å². The molecule has 1 aromatic rings. The van der Waals surface area contributed by atoms with Gasteiger partial charge in [0.1, 0.15) is 6.61 Å². The van der Waals surface area contributed by atoms with Gasteiger partial charge in [0, 0.05) is 11.6 Å². The maximum atomic E-state index is 5.97. The normalized spacial score (nSPS) is 13.2. The maximum Gasteiger partial charge on any atom is 0.161 e. The molecule has 0 saturated heterocycles. The Balaban J connectivity index is 2.83. The third kappa shape index (κ3) is 5.13. The highest BCUT2D eigenvalue weighted by atomic mass is 35.5. The summed E-state index contributed by atoms with van der Waals surface area (Å²) in [5, 5.41) is 0. The summed E-state index contributed by atoms with van der Waals surface area (Å²) in [6, 6.07) is 6.08. The second-order valence-electron chi connectivity index (χ2n) is 4.60. The first-order valence-electron chi connectivity index (χ1n) is 6.41. The average Bonchev–Trinajstić information content (AvgIpc) is 2.44. The number of benzene rings is 1. The fraction of sp³-hybridized carbons (Fsp3) is 0.467. The van der Waals surface area contributed by atoms with Gasteiger partial charge in [0.05, 0.1) is 7.11 Å². The molecule has 1 unspecified atom stereocenters. The van der Waals surface area contributed by atoms with Gasteiger partial charge in [-0.15, -0.1) is 0 Å². The molecule has 3 nitrogen and oxygen atoms in total. The molecule has 2 N–H and O–H groups in total. The van der Waals surface area contributed by atoms with E-state index >= 15 is 0 Å². The monoisotopic (exact) mass is 283 g/mol. The summed E-state index contributed by atoms with van der Waals surface area (Å²) in [6.07, 6.45) is 1.79. The molecular weight excluding hydrogens is 262 g/mol. The van der Waals surface area contributed by atoms with Gasteiger partial charge in [-0.1, -0.05) is 24.6 Å². The molecule has 1 rings (SSSR count). The highest BCUT2D eigenvalue weighted by Crippen LogP contribution is 2.29. The van der Waals surface area contributed by atoms with Gasteiger partial charge in [-0.25, -0.2) is 0 Å². The van der Waals surface area contributed by atoms with Crippen molar-refractivity contribution in [2.75, 3.05) is 13.7 Å². The van der Waals surface area contributed by atoms with E-state index in [0.29, 0.717) is 6.61 Å². The fourth-order valence-corrected chi connectivity index (χ4v) is 1.69. The zero-order valence-electron chi connectivity index (χ0n) is 11.8. The van der Waals surface area contributed by atoms with E-state index in [1.54, 1.807) is 7.11 Å². The molecule has 0 heterocycles. The van der Waals surface area contributed by atoms with Gasteiger partial charge in [0.25, 0.3) is 0 Å². The van der Waals surface area contributed by atoms with Crippen LogP contribution in [0.4, 0.5) is 0 Å². The Bertz CT molecular complexity index is 432. The zero-order chi connectivity index (χ0) is 14.3. The summed E-state index contributed by atoms with van der Waals surface area (Å²) >= 11 is 5.62. The topological polar surface area (TPSA) is 44.5 Å². The lowest BCUT2D eigenvalue weighted by Crippen LogP contribution is -2.21. The molecule has 19 heavy (non-hydrogen) atoms. The van der Waals surface area contributed by atoms with Crippen LogP contribution in [0.2, 0.25) is 0 Å². The first kappa shape index (κ1) is 15.9. The number of methoxy groups -OCH3 is 1. The van der Waals surface area contributed by atoms with Gasteiger partial charge >= 0.3 is 0 Å². The summed E-state index contributed by atoms with van der Waals surface area (Å²) in [5.74, 6) is 1.44. The lowest BCUT2D eigenvalue weighted by molar-refractivity contribution is 0.319. The average molecular weight is 284 g/mol. The SMILES string of the molecule is CCC(N)Cc1ccc(OC)c(OC/C(C)=C/Cl)c1. The van der Waals surface area contributed by atoms with Gasteiger partial charge in [-0.05, 0) is 43.0 Å². The van der Waals surface area contributed by atoms with Crippen molar-refractivity contribution in [3.63, 3.8) is 0 Å². The van der Waals surface area contributed by atoms with Gasteiger partial charge in [-0.3, -0.25) is 0 Å². The largest absolute Gasteiger partial charge is 0.493 e. The molecule has 106 valence electrons. The van der Waals surface area contributed by atoms with E-state index in [4.69, 9.17) is 26.8 Å². The van der Waals surface area contributed by atoms with E-state index in [2.05, 4.69) is 6.92 Å². The molecule has 0 aliphatic carbocycles. The minimum atomic E-state index is 0.172. The van der Waals surface area contributed by atoms with E-state index in [0.717, 1.165) is 35.5 Å². The maximum absolute atomic E-state index is 5.97. The van der Waals surface area contributed by atoms with Crippen LogP contribution in [0, 0.1) is 0 Å². The van der Waals surface area contributed by atoms with Crippen LogP contribution in [0.25, 0.3) is 0 Å². The first-order chi connectivity index (χ1) is 9.10. The minimum Gasteiger partial charge on any atom is -0.493 e. The predicted octanol–water partition coefficient (Wildman–Crippen LogP) is 3.50. The molecule has 0 aliphatic heterocycles. The van der Waals surface area contributed by atoms with E-state index in [1.807, 2.05) is 25.1 Å². The molecule has 4 heteroatoms. The molecule has 1 aromatic carbocycles. The highest BCUT2D eigenvalue weighted by molar-refractivity contribution is 6.25. The third-order valence-electron chi connectivity index (χ3n) is 2.89. The summed E-state index contributed by atoms with van der Waals surface area (Å²) < 4.78 is 11.0. The zero-order valence-corrected chi connectivity index (χ0v) is 12.5. The minimum absolute atomic E-state index is 0.172. The summed E-state index contributed by atoms with van der Waals surface area (Å²) in [4.78, 5) is 0. The second-order valence-corrected chi connectivity index (χ2v) is 4.82. The molecule has 0 amide bonds. The van der Waals surface area contributed by atoms with Crippen molar-refractivity contribution in [2.24, 2.45) is 5.73 Å². The molecule has 0 saturated carbocycles. The standard InChI is InChI=1S/C15H22ClNO2/c1-4-13(17)7-12-5-6-14(18-3)15(8-12)19-10-11(2)9-16/h5-6,8-9,13H,4,7,10,17H2,1-3H3/b11-9+. The van der Waals surface area contributed by atoms with Gasteiger partial charge in [0.15, 0.2) is 11.5 Å². The van der Waals surface area contributed by atoms with Crippen LogP contribution in [0.3, 0.4) is 0 Å². The molecule has 0 spiro atoms. The van der Waals surface area contributed by atoms with Crippen LogP contribution < -0.4 is 15.2 Å². The molecule has 1 atom stereocenters. The molecule has 0 fully saturated rings. The fourth-order valence-electron chi connectivity index (χ4n) is 1.63. The van der Waals surface area contributed by atoms with E-state index in [1.165, 1.54) is 5.54 Å². The Morgan fingerprint density at radius 2 is 2.16 bits per heavy atom. The Labute approximate surface area is 120 Å². The van der Waals surface area contributed by atoms with Crippen LogP contribution in [0.15, 0.2) is 29.3 Å². The molecule has 0 aliphatic rings. The van der Waals surface area contributed by atoms with Crippen LogP contribution >= 0.6 is 11.6 Å². The van der Waals surface area contributed by atoms with Crippen molar-refractivity contribution < 1.29 is 9.47 Å². The Morgan fingerprint density at radius 3 is 2.74 bits per heavy atom. The Kier molecular flexibility index (Phi) is 6.74. The smallest absolute Gasteiger partial charge is 0.161 e. The van der Waals surface area contributed by atoms with Crippen LogP contribution in [-0.2, 0) is 6.42 Å². The lowest BCUT2D eigenvalue weighted by atomic mass is 10.0. The van der Waals surface area contributed by atoms with Crippen LogP contribution in [0.1, 0.15) is 25.8 Å². The predicted molar refractivity (Wildman–Crippen MR) is 80.1 cm³/mol. The molecular formula is C15H22ClNO2. The number of hydrogen-bond donors (Lipinski definition) is 1. The van der Waals surface area contributed by atoms with Crippen molar-refractivity contribution >= 4 is 11.6 Å². The van der Waals surface area contributed by atoms with Crippen molar-refractivity contribution in [3.05, 3.63) is 34.9 Å².